The predicted molar refractivity (Wildman–Crippen MR) is 85.6 cm³/mol. The Morgan fingerprint density at radius 2 is 1.95 bits per heavy atom. The van der Waals surface area contributed by atoms with E-state index in [0.29, 0.717) is 24.6 Å². The third-order valence-electron chi connectivity index (χ3n) is 3.37. The SMILES string of the molecule is COCCn1c(-c2ccccc2OC)ccc(C(=N)N)c1=O. The summed E-state index contributed by atoms with van der Waals surface area (Å²) in [5.41, 5.74) is 6.83. The van der Waals surface area contributed by atoms with Gasteiger partial charge in [-0.25, -0.2) is 0 Å². The minimum absolute atomic E-state index is 0.176. The van der Waals surface area contributed by atoms with Gasteiger partial charge in [-0.3, -0.25) is 10.2 Å². The van der Waals surface area contributed by atoms with Crippen LogP contribution in [0, 0.1) is 5.41 Å². The van der Waals surface area contributed by atoms with Crippen LogP contribution in [-0.4, -0.2) is 31.2 Å². The van der Waals surface area contributed by atoms with Gasteiger partial charge in [-0.15, -0.1) is 0 Å². The maximum Gasteiger partial charge on any atom is 0.262 e. The lowest BCUT2D eigenvalue weighted by Gasteiger charge is -2.16. The van der Waals surface area contributed by atoms with Crippen LogP contribution in [0.15, 0.2) is 41.2 Å². The number of nitrogens with two attached hydrogens (primary N) is 1. The zero-order valence-electron chi connectivity index (χ0n) is 12.6. The number of amidine groups is 1. The van der Waals surface area contributed by atoms with Crippen molar-refractivity contribution < 1.29 is 9.47 Å². The van der Waals surface area contributed by atoms with Gasteiger partial charge < -0.3 is 19.8 Å². The number of nitrogen functional groups attached to an aromatic ring is 1. The largest absolute Gasteiger partial charge is 0.496 e. The van der Waals surface area contributed by atoms with E-state index in [1.54, 1.807) is 30.9 Å². The van der Waals surface area contributed by atoms with Crippen LogP contribution in [0.25, 0.3) is 11.3 Å². The second-order valence-corrected chi connectivity index (χ2v) is 4.70. The summed E-state index contributed by atoms with van der Waals surface area (Å²) < 4.78 is 12.0. The molecule has 0 atom stereocenters. The standard InChI is InChI=1S/C16H19N3O3/c1-21-10-9-19-13(8-7-12(15(17)18)16(19)20)11-5-3-4-6-14(11)22-2/h3-8H,9-10H2,1-2H3,(H3,17,18). The van der Waals surface area contributed by atoms with Crippen LogP contribution in [-0.2, 0) is 11.3 Å². The maximum absolute atomic E-state index is 12.6. The molecule has 3 N–H and O–H groups in total. The van der Waals surface area contributed by atoms with Crippen molar-refractivity contribution in [2.24, 2.45) is 5.73 Å². The van der Waals surface area contributed by atoms with Crippen LogP contribution >= 0.6 is 0 Å². The second-order valence-electron chi connectivity index (χ2n) is 4.70. The van der Waals surface area contributed by atoms with E-state index >= 15 is 0 Å². The normalized spacial score (nSPS) is 10.5. The van der Waals surface area contributed by atoms with Crippen molar-refractivity contribution in [3.05, 3.63) is 52.3 Å². The molecule has 6 heteroatoms. The molecule has 2 rings (SSSR count). The minimum atomic E-state index is -0.312. The molecule has 2 aromatic rings. The van der Waals surface area contributed by atoms with Gasteiger partial charge >= 0.3 is 0 Å². The lowest BCUT2D eigenvalue weighted by Crippen LogP contribution is -2.31. The van der Waals surface area contributed by atoms with E-state index in [0.717, 1.165) is 5.56 Å². The van der Waals surface area contributed by atoms with E-state index in [-0.39, 0.29) is 17.0 Å². The highest BCUT2D eigenvalue weighted by atomic mass is 16.5. The Bertz CT molecular complexity index is 738. The van der Waals surface area contributed by atoms with Crippen molar-refractivity contribution in [1.82, 2.24) is 4.57 Å². The molecule has 1 aromatic heterocycles. The van der Waals surface area contributed by atoms with Crippen LogP contribution in [0.1, 0.15) is 5.56 Å². The molecule has 6 nitrogen and oxygen atoms in total. The molecule has 0 aliphatic carbocycles. The van der Waals surface area contributed by atoms with E-state index in [4.69, 9.17) is 20.6 Å². The number of rotatable bonds is 6. The highest BCUT2D eigenvalue weighted by Gasteiger charge is 2.14. The summed E-state index contributed by atoms with van der Waals surface area (Å²) in [6.45, 7) is 0.743. The number of hydrogen-bond donors (Lipinski definition) is 2. The molecule has 0 bridgehead atoms. The summed E-state index contributed by atoms with van der Waals surface area (Å²) in [7, 11) is 3.16. The average molecular weight is 301 g/mol. The van der Waals surface area contributed by atoms with Crippen molar-refractivity contribution in [2.45, 2.75) is 6.54 Å². The van der Waals surface area contributed by atoms with E-state index < -0.39 is 0 Å². The average Bonchev–Trinajstić information content (AvgIpc) is 2.53. The number of benzene rings is 1. The van der Waals surface area contributed by atoms with Crippen LogP contribution < -0.4 is 16.0 Å². The summed E-state index contributed by atoms with van der Waals surface area (Å²) in [6.07, 6.45) is 0. The number of pyridine rings is 1. The quantitative estimate of drug-likeness (QED) is 0.624. The van der Waals surface area contributed by atoms with Gasteiger partial charge in [0.05, 0.1) is 25.0 Å². The van der Waals surface area contributed by atoms with Gasteiger partial charge in [0.1, 0.15) is 11.6 Å². The van der Waals surface area contributed by atoms with E-state index in [9.17, 15) is 4.79 Å². The second kappa shape index (κ2) is 6.91. The summed E-state index contributed by atoms with van der Waals surface area (Å²) in [5, 5.41) is 7.51. The fourth-order valence-corrected chi connectivity index (χ4v) is 2.28. The van der Waals surface area contributed by atoms with Crippen molar-refractivity contribution >= 4 is 5.84 Å². The molecule has 0 saturated carbocycles. The van der Waals surface area contributed by atoms with Gasteiger partial charge in [0, 0.05) is 19.2 Å². The molecule has 0 aliphatic heterocycles. The molecular weight excluding hydrogens is 282 g/mol. The van der Waals surface area contributed by atoms with Crippen molar-refractivity contribution in [3.63, 3.8) is 0 Å². The number of nitrogens with zero attached hydrogens (tertiary/aromatic N) is 1. The number of para-hydroxylation sites is 1. The van der Waals surface area contributed by atoms with Crippen LogP contribution in [0.2, 0.25) is 0 Å². The highest BCUT2D eigenvalue weighted by molar-refractivity contribution is 5.94. The number of nitrogens with one attached hydrogen (secondary N) is 1. The Kier molecular flexibility index (Phi) is 4.95. The number of hydrogen-bond acceptors (Lipinski definition) is 4. The Labute approximate surface area is 128 Å². The molecular formula is C16H19N3O3. The molecule has 0 unspecified atom stereocenters. The van der Waals surface area contributed by atoms with Crippen molar-refractivity contribution in [3.8, 4) is 17.0 Å². The molecule has 116 valence electrons. The minimum Gasteiger partial charge on any atom is -0.496 e. The van der Waals surface area contributed by atoms with Crippen molar-refractivity contribution in [2.75, 3.05) is 20.8 Å². The third-order valence-corrected chi connectivity index (χ3v) is 3.37. The Morgan fingerprint density at radius 1 is 1.23 bits per heavy atom. The van der Waals surface area contributed by atoms with Crippen LogP contribution in [0.5, 0.6) is 5.75 Å². The Hall–Kier alpha value is -2.60. The van der Waals surface area contributed by atoms with E-state index in [1.807, 2.05) is 24.3 Å². The molecule has 0 amide bonds. The first-order valence-corrected chi connectivity index (χ1v) is 6.80. The van der Waals surface area contributed by atoms with Crippen molar-refractivity contribution in [1.29, 1.82) is 5.41 Å². The molecule has 0 spiro atoms. The first kappa shape index (κ1) is 15.8. The molecule has 0 fully saturated rings. The first-order chi connectivity index (χ1) is 10.6. The topological polar surface area (TPSA) is 90.3 Å². The smallest absolute Gasteiger partial charge is 0.262 e. The van der Waals surface area contributed by atoms with E-state index in [2.05, 4.69) is 0 Å². The van der Waals surface area contributed by atoms with Crippen LogP contribution in [0.4, 0.5) is 0 Å². The van der Waals surface area contributed by atoms with E-state index in [1.165, 1.54) is 0 Å². The van der Waals surface area contributed by atoms with Gasteiger partial charge in [0.15, 0.2) is 0 Å². The van der Waals surface area contributed by atoms with Gasteiger partial charge in [0.2, 0.25) is 0 Å². The Balaban J connectivity index is 2.67. The summed E-state index contributed by atoms with van der Waals surface area (Å²) >= 11 is 0. The molecule has 0 radical (unpaired) electrons. The molecule has 1 heterocycles. The maximum atomic E-state index is 12.6. The van der Waals surface area contributed by atoms with Gasteiger partial charge in [0.25, 0.3) is 5.56 Å². The number of methoxy groups -OCH3 is 2. The summed E-state index contributed by atoms with van der Waals surface area (Å²) in [6, 6.07) is 10.8. The highest BCUT2D eigenvalue weighted by Crippen LogP contribution is 2.28. The zero-order chi connectivity index (χ0) is 16.1. The third kappa shape index (κ3) is 3.01. The van der Waals surface area contributed by atoms with Gasteiger partial charge in [-0.05, 0) is 24.3 Å². The fourth-order valence-electron chi connectivity index (χ4n) is 2.28. The van der Waals surface area contributed by atoms with Crippen LogP contribution in [0.3, 0.4) is 0 Å². The predicted octanol–water partition coefficient (Wildman–Crippen LogP) is 1.45. The lowest BCUT2D eigenvalue weighted by molar-refractivity contribution is 0.186. The molecule has 0 saturated heterocycles. The number of aromatic nitrogens is 1. The van der Waals surface area contributed by atoms with Gasteiger partial charge in [-0.1, -0.05) is 12.1 Å². The lowest BCUT2D eigenvalue weighted by atomic mass is 10.1. The molecule has 0 aliphatic rings. The zero-order valence-corrected chi connectivity index (χ0v) is 12.6. The molecule has 1 aromatic carbocycles. The monoisotopic (exact) mass is 301 g/mol. The number of ether oxygens (including phenoxy) is 2. The molecule has 22 heavy (non-hydrogen) atoms. The summed E-state index contributed by atoms with van der Waals surface area (Å²) in [5.74, 6) is 0.423. The Morgan fingerprint density at radius 3 is 2.59 bits per heavy atom. The summed E-state index contributed by atoms with van der Waals surface area (Å²) in [4.78, 5) is 12.6. The van der Waals surface area contributed by atoms with Gasteiger partial charge in [-0.2, -0.15) is 0 Å². The first-order valence-electron chi connectivity index (χ1n) is 6.80. The fraction of sp³-hybridized carbons (Fsp3) is 0.250.